The maximum atomic E-state index is 14.4. The Kier molecular flexibility index (Phi) is 3.93. The normalized spacial score (nSPS) is 13.0. The van der Waals surface area contributed by atoms with E-state index in [0.717, 1.165) is 16.5 Å². The highest BCUT2D eigenvalue weighted by Crippen LogP contribution is 2.31. The number of ether oxygens (including phenoxy) is 1. The minimum atomic E-state index is -0.645. The first kappa shape index (κ1) is 16.0. The molecule has 0 N–H and O–H groups in total. The number of amides is 2. The summed E-state index contributed by atoms with van der Waals surface area (Å²) in [6.07, 6.45) is 3.25. The fourth-order valence-corrected chi connectivity index (χ4v) is 2.81. The zero-order valence-electron chi connectivity index (χ0n) is 13.6. The van der Waals surface area contributed by atoms with Crippen molar-refractivity contribution in [2.75, 3.05) is 4.90 Å². The van der Waals surface area contributed by atoms with Crippen LogP contribution in [0.25, 0.3) is 0 Å². The van der Waals surface area contributed by atoms with Gasteiger partial charge in [0.05, 0.1) is 16.8 Å². The third-order valence-corrected chi connectivity index (χ3v) is 4.11. The number of hydrogen-bond donors (Lipinski definition) is 0. The number of aromatic nitrogens is 1. The van der Waals surface area contributed by atoms with Crippen LogP contribution in [-0.4, -0.2) is 16.8 Å². The number of benzene rings is 2. The van der Waals surface area contributed by atoms with Gasteiger partial charge in [0, 0.05) is 18.5 Å². The second kappa shape index (κ2) is 6.40. The Morgan fingerprint density at radius 2 is 1.58 bits per heavy atom. The predicted molar refractivity (Wildman–Crippen MR) is 92.6 cm³/mol. The first-order valence-corrected chi connectivity index (χ1v) is 7.94. The molecular weight excluding hydrogens is 335 g/mol. The lowest BCUT2D eigenvalue weighted by Gasteiger charge is -2.15. The highest BCUT2D eigenvalue weighted by molar-refractivity contribution is 6.34. The Morgan fingerprint density at radius 3 is 2.19 bits per heavy atom. The zero-order chi connectivity index (χ0) is 18.1. The summed E-state index contributed by atoms with van der Waals surface area (Å²) in [7, 11) is 0. The fourth-order valence-electron chi connectivity index (χ4n) is 2.81. The van der Waals surface area contributed by atoms with Crippen LogP contribution in [0.15, 0.2) is 67.0 Å². The Bertz CT molecular complexity index is 970. The summed E-state index contributed by atoms with van der Waals surface area (Å²) in [4.78, 5) is 29.8. The van der Waals surface area contributed by atoms with Crippen LogP contribution in [-0.2, 0) is 6.61 Å². The van der Waals surface area contributed by atoms with E-state index in [4.69, 9.17) is 4.74 Å². The largest absolute Gasteiger partial charge is 0.486 e. The molecule has 0 saturated carbocycles. The number of anilines is 1. The molecule has 6 heteroatoms. The summed E-state index contributed by atoms with van der Waals surface area (Å²) >= 11 is 0. The van der Waals surface area contributed by atoms with Crippen molar-refractivity contribution in [3.63, 3.8) is 0 Å². The molecular formula is C20H13FN2O3. The smallest absolute Gasteiger partial charge is 0.266 e. The lowest BCUT2D eigenvalue weighted by atomic mass is 10.1. The summed E-state index contributed by atoms with van der Waals surface area (Å²) in [6, 6.07) is 14.1. The average Bonchev–Trinajstić information content (AvgIpc) is 2.93. The Balaban J connectivity index is 1.57. The van der Waals surface area contributed by atoms with Crippen molar-refractivity contribution in [1.29, 1.82) is 0 Å². The molecule has 26 heavy (non-hydrogen) atoms. The first-order valence-electron chi connectivity index (χ1n) is 7.94. The highest BCUT2D eigenvalue weighted by atomic mass is 19.1. The third kappa shape index (κ3) is 2.71. The van der Waals surface area contributed by atoms with E-state index >= 15 is 0 Å². The molecule has 2 amide bonds. The summed E-state index contributed by atoms with van der Waals surface area (Å²) < 4.78 is 19.9. The van der Waals surface area contributed by atoms with E-state index in [9.17, 15) is 14.0 Å². The van der Waals surface area contributed by atoms with Gasteiger partial charge in [-0.1, -0.05) is 12.1 Å². The maximum absolute atomic E-state index is 14.4. The molecule has 1 aliphatic rings. The number of nitrogens with zero attached hydrogens (tertiary/aromatic N) is 2. The summed E-state index contributed by atoms with van der Waals surface area (Å²) in [5.41, 5.74) is 1.65. The van der Waals surface area contributed by atoms with Crippen LogP contribution in [0.3, 0.4) is 0 Å². The molecule has 5 nitrogen and oxygen atoms in total. The van der Waals surface area contributed by atoms with Crippen LogP contribution < -0.4 is 9.64 Å². The molecule has 0 radical (unpaired) electrons. The Morgan fingerprint density at radius 1 is 0.923 bits per heavy atom. The van der Waals surface area contributed by atoms with Gasteiger partial charge in [0.2, 0.25) is 0 Å². The van der Waals surface area contributed by atoms with Crippen molar-refractivity contribution in [1.82, 2.24) is 4.98 Å². The molecule has 2 heterocycles. The van der Waals surface area contributed by atoms with E-state index in [1.165, 1.54) is 12.1 Å². The molecule has 0 fully saturated rings. The molecule has 2 aromatic carbocycles. The van der Waals surface area contributed by atoms with Gasteiger partial charge in [-0.15, -0.1) is 0 Å². The summed E-state index contributed by atoms with van der Waals surface area (Å²) in [6.45, 7) is 0.186. The van der Waals surface area contributed by atoms with E-state index in [2.05, 4.69) is 4.98 Å². The van der Waals surface area contributed by atoms with Crippen molar-refractivity contribution in [3.05, 3.63) is 89.5 Å². The minimum absolute atomic E-state index is 0.0437. The van der Waals surface area contributed by atoms with Crippen molar-refractivity contribution in [2.24, 2.45) is 0 Å². The van der Waals surface area contributed by atoms with Crippen molar-refractivity contribution in [3.8, 4) is 5.75 Å². The number of rotatable bonds is 4. The molecule has 0 atom stereocenters. The fraction of sp³-hybridized carbons (Fsp3) is 0.0500. The summed E-state index contributed by atoms with van der Waals surface area (Å²) in [5, 5.41) is 0. The molecule has 128 valence electrons. The van der Waals surface area contributed by atoms with Crippen molar-refractivity contribution in [2.45, 2.75) is 6.61 Å². The molecule has 0 aliphatic carbocycles. The van der Waals surface area contributed by atoms with Crippen LogP contribution in [0, 0.1) is 5.82 Å². The van der Waals surface area contributed by atoms with Crippen molar-refractivity contribution < 1.29 is 18.7 Å². The standard InChI is InChI=1S/C20H13FN2O3/c21-17-11-14(5-6-18(17)26-12-13-7-9-22-10-8-13)23-19(24)15-3-1-2-4-16(15)20(23)25/h1-11H,12H2. The van der Waals surface area contributed by atoms with Crippen LogP contribution >= 0.6 is 0 Å². The quantitative estimate of drug-likeness (QED) is 0.676. The molecule has 1 aliphatic heterocycles. The van der Waals surface area contributed by atoms with Gasteiger partial charge in [0.15, 0.2) is 11.6 Å². The third-order valence-electron chi connectivity index (χ3n) is 4.11. The first-order chi connectivity index (χ1) is 12.6. The SMILES string of the molecule is O=C1c2ccccc2C(=O)N1c1ccc(OCc2ccncc2)c(F)c1. The van der Waals surface area contributed by atoms with Crippen LogP contribution in [0.1, 0.15) is 26.3 Å². The van der Waals surface area contributed by atoms with E-state index in [-0.39, 0.29) is 18.0 Å². The highest BCUT2D eigenvalue weighted by Gasteiger charge is 2.36. The lowest BCUT2D eigenvalue weighted by Crippen LogP contribution is -2.29. The zero-order valence-corrected chi connectivity index (χ0v) is 13.6. The van der Waals surface area contributed by atoms with Gasteiger partial charge >= 0.3 is 0 Å². The average molecular weight is 348 g/mol. The Labute approximate surface area is 148 Å². The van der Waals surface area contributed by atoms with Gasteiger partial charge in [0.25, 0.3) is 11.8 Å². The van der Waals surface area contributed by atoms with E-state index < -0.39 is 17.6 Å². The molecule has 0 unspecified atom stereocenters. The van der Waals surface area contributed by atoms with Crippen molar-refractivity contribution >= 4 is 17.5 Å². The van der Waals surface area contributed by atoms with E-state index in [0.29, 0.717) is 11.1 Å². The number of imide groups is 1. The molecule has 0 bridgehead atoms. The van der Waals surface area contributed by atoms with Crippen LogP contribution in [0.5, 0.6) is 5.75 Å². The van der Waals surface area contributed by atoms with Crippen LogP contribution in [0.4, 0.5) is 10.1 Å². The number of hydrogen-bond acceptors (Lipinski definition) is 4. The van der Waals surface area contributed by atoms with Gasteiger partial charge < -0.3 is 4.74 Å². The Hall–Kier alpha value is -3.54. The number of pyridine rings is 1. The minimum Gasteiger partial charge on any atom is -0.486 e. The lowest BCUT2D eigenvalue weighted by molar-refractivity contribution is 0.0926. The van der Waals surface area contributed by atoms with Gasteiger partial charge in [-0.05, 0) is 42.0 Å². The molecule has 0 saturated heterocycles. The molecule has 4 rings (SSSR count). The van der Waals surface area contributed by atoms with Gasteiger partial charge in [-0.2, -0.15) is 0 Å². The predicted octanol–water partition coefficient (Wildman–Crippen LogP) is 3.60. The van der Waals surface area contributed by atoms with Gasteiger partial charge in [-0.25, -0.2) is 9.29 Å². The second-order valence-corrected chi connectivity index (χ2v) is 5.75. The summed E-state index contributed by atoms with van der Waals surface area (Å²) in [5.74, 6) is -1.53. The maximum Gasteiger partial charge on any atom is 0.266 e. The monoisotopic (exact) mass is 348 g/mol. The van der Waals surface area contributed by atoms with Gasteiger partial charge in [-0.3, -0.25) is 14.6 Å². The van der Waals surface area contributed by atoms with E-state index in [1.54, 1.807) is 48.8 Å². The topological polar surface area (TPSA) is 59.5 Å². The second-order valence-electron chi connectivity index (χ2n) is 5.75. The molecule has 1 aromatic heterocycles. The number of halogens is 1. The van der Waals surface area contributed by atoms with Gasteiger partial charge in [0.1, 0.15) is 6.61 Å². The molecule has 3 aromatic rings. The number of carbonyl (C=O) groups excluding carboxylic acids is 2. The van der Waals surface area contributed by atoms with Crippen LogP contribution in [0.2, 0.25) is 0 Å². The molecule has 0 spiro atoms. The number of fused-ring (bicyclic) bond motifs is 1. The number of carbonyl (C=O) groups is 2. The van der Waals surface area contributed by atoms with E-state index in [1.807, 2.05) is 0 Å².